The molecule has 0 aromatic heterocycles. The van der Waals surface area contributed by atoms with Crippen molar-refractivity contribution in [3.05, 3.63) is 23.8 Å². The molecule has 82 valence electrons. The van der Waals surface area contributed by atoms with Crippen LogP contribution >= 0.6 is 0 Å². The minimum absolute atomic E-state index is 0.123. The fourth-order valence-electron chi connectivity index (χ4n) is 2.30. The van der Waals surface area contributed by atoms with E-state index in [0.717, 1.165) is 31.3 Å². The largest absolute Gasteiger partial charge is 0.349 e. The summed E-state index contributed by atoms with van der Waals surface area (Å²) in [6.07, 6.45) is 14.3. The molecule has 0 spiro atoms. The Hall–Kier alpha value is -1.05. The maximum atomic E-state index is 11.8. The zero-order valence-corrected chi connectivity index (χ0v) is 9.17. The van der Waals surface area contributed by atoms with Crippen molar-refractivity contribution in [2.45, 2.75) is 51.0 Å². The second-order valence-electron chi connectivity index (χ2n) is 4.45. The van der Waals surface area contributed by atoms with Gasteiger partial charge in [0.2, 0.25) is 0 Å². The summed E-state index contributed by atoms with van der Waals surface area (Å²) in [5.41, 5.74) is 0.854. The van der Waals surface area contributed by atoms with Crippen LogP contribution in [0.2, 0.25) is 0 Å². The quantitative estimate of drug-likeness (QED) is 0.738. The summed E-state index contributed by atoms with van der Waals surface area (Å²) < 4.78 is 0. The molecule has 0 aromatic carbocycles. The second kappa shape index (κ2) is 5.15. The van der Waals surface area contributed by atoms with Crippen LogP contribution in [0, 0.1) is 0 Å². The first-order valence-corrected chi connectivity index (χ1v) is 6.04. The van der Waals surface area contributed by atoms with Gasteiger partial charge in [-0.05, 0) is 25.7 Å². The molecular formula is C13H19NO. The van der Waals surface area contributed by atoms with Crippen molar-refractivity contribution in [2.75, 3.05) is 0 Å². The van der Waals surface area contributed by atoms with Crippen molar-refractivity contribution >= 4 is 5.91 Å². The molecule has 1 saturated carbocycles. The Balaban J connectivity index is 1.85. The number of rotatable bonds is 2. The van der Waals surface area contributed by atoms with Crippen molar-refractivity contribution < 1.29 is 4.79 Å². The number of hydrogen-bond acceptors (Lipinski definition) is 1. The fraction of sp³-hybridized carbons (Fsp3) is 0.615. The zero-order chi connectivity index (χ0) is 10.5. The van der Waals surface area contributed by atoms with E-state index < -0.39 is 0 Å². The number of nitrogens with one attached hydrogen (secondary N) is 1. The van der Waals surface area contributed by atoms with E-state index in [4.69, 9.17) is 0 Å². The van der Waals surface area contributed by atoms with E-state index in [0.29, 0.717) is 6.04 Å². The van der Waals surface area contributed by atoms with Crippen LogP contribution in [0.4, 0.5) is 0 Å². The van der Waals surface area contributed by atoms with Crippen LogP contribution in [0.15, 0.2) is 23.8 Å². The van der Waals surface area contributed by atoms with Gasteiger partial charge in [0, 0.05) is 11.6 Å². The maximum Gasteiger partial charge on any atom is 0.251 e. The number of amides is 1. The molecule has 0 bridgehead atoms. The van der Waals surface area contributed by atoms with Crippen LogP contribution in [0.3, 0.4) is 0 Å². The van der Waals surface area contributed by atoms with Gasteiger partial charge in [-0.15, -0.1) is 0 Å². The molecular weight excluding hydrogens is 186 g/mol. The smallest absolute Gasteiger partial charge is 0.251 e. The van der Waals surface area contributed by atoms with E-state index in [1.54, 1.807) is 0 Å². The Labute approximate surface area is 91.4 Å². The van der Waals surface area contributed by atoms with Gasteiger partial charge >= 0.3 is 0 Å². The van der Waals surface area contributed by atoms with Crippen LogP contribution in [0.5, 0.6) is 0 Å². The molecule has 2 rings (SSSR count). The van der Waals surface area contributed by atoms with Crippen LogP contribution in [0.1, 0.15) is 44.9 Å². The number of allylic oxidation sites excluding steroid dienone is 2. The zero-order valence-electron chi connectivity index (χ0n) is 9.17. The highest BCUT2D eigenvalue weighted by Crippen LogP contribution is 2.18. The van der Waals surface area contributed by atoms with Gasteiger partial charge in [-0.3, -0.25) is 4.79 Å². The molecule has 2 aliphatic rings. The van der Waals surface area contributed by atoms with Crippen molar-refractivity contribution in [3.63, 3.8) is 0 Å². The second-order valence-corrected chi connectivity index (χ2v) is 4.45. The molecule has 15 heavy (non-hydrogen) atoms. The average molecular weight is 205 g/mol. The standard InChI is InChI=1S/C13H19NO/c15-13(11-7-3-1-4-8-11)14-12-9-5-2-6-10-12/h3,7-8,12H,1-2,4-6,9-10H2,(H,14,15). The Bertz CT molecular complexity index is 285. The molecule has 1 fully saturated rings. The summed E-state index contributed by atoms with van der Waals surface area (Å²) in [6, 6.07) is 0.419. The van der Waals surface area contributed by atoms with Gasteiger partial charge < -0.3 is 5.32 Å². The normalized spacial score (nSPS) is 22.3. The number of hydrogen-bond donors (Lipinski definition) is 1. The molecule has 2 heteroatoms. The Morgan fingerprint density at radius 1 is 1.20 bits per heavy atom. The van der Waals surface area contributed by atoms with Crippen LogP contribution in [0.25, 0.3) is 0 Å². The first kappa shape index (κ1) is 10.5. The van der Waals surface area contributed by atoms with Gasteiger partial charge in [0.25, 0.3) is 5.91 Å². The molecule has 0 saturated heterocycles. The van der Waals surface area contributed by atoms with Crippen LogP contribution in [-0.2, 0) is 4.79 Å². The Morgan fingerprint density at radius 3 is 2.67 bits per heavy atom. The highest BCUT2D eigenvalue weighted by Gasteiger charge is 2.17. The van der Waals surface area contributed by atoms with Gasteiger partial charge in [0.1, 0.15) is 0 Å². The summed E-state index contributed by atoms with van der Waals surface area (Å²) in [4.78, 5) is 11.8. The lowest BCUT2D eigenvalue weighted by molar-refractivity contribution is -0.118. The van der Waals surface area contributed by atoms with Gasteiger partial charge in [-0.25, -0.2) is 0 Å². The molecule has 0 unspecified atom stereocenters. The highest BCUT2D eigenvalue weighted by atomic mass is 16.1. The molecule has 0 heterocycles. The monoisotopic (exact) mass is 205 g/mol. The van der Waals surface area contributed by atoms with E-state index in [1.807, 2.05) is 12.2 Å². The third-order valence-corrected chi connectivity index (χ3v) is 3.20. The van der Waals surface area contributed by atoms with Crippen molar-refractivity contribution in [1.82, 2.24) is 5.32 Å². The summed E-state index contributed by atoms with van der Waals surface area (Å²) in [5.74, 6) is 0.123. The summed E-state index contributed by atoms with van der Waals surface area (Å²) in [7, 11) is 0. The van der Waals surface area contributed by atoms with E-state index in [9.17, 15) is 4.79 Å². The topological polar surface area (TPSA) is 29.1 Å². The van der Waals surface area contributed by atoms with Crippen molar-refractivity contribution in [1.29, 1.82) is 0 Å². The third kappa shape index (κ3) is 2.95. The predicted molar refractivity (Wildman–Crippen MR) is 61.5 cm³/mol. The summed E-state index contributed by atoms with van der Waals surface area (Å²) in [6.45, 7) is 0. The van der Waals surface area contributed by atoms with E-state index in [1.165, 1.54) is 19.3 Å². The van der Waals surface area contributed by atoms with E-state index >= 15 is 0 Å². The average Bonchev–Trinajstić information content (AvgIpc) is 2.31. The van der Waals surface area contributed by atoms with Gasteiger partial charge in [-0.2, -0.15) is 0 Å². The van der Waals surface area contributed by atoms with Crippen molar-refractivity contribution in [3.8, 4) is 0 Å². The SMILES string of the molecule is O=C(NC1CCCCC1)C1=CCCC=C1. The highest BCUT2D eigenvalue weighted by molar-refractivity contribution is 5.96. The molecule has 1 amide bonds. The molecule has 0 aliphatic heterocycles. The summed E-state index contributed by atoms with van der Waals surface area (Å²) in [5, 5.41) is 3.13. The first-order valence-electron chi connectivity index (χ1n) is 6.04. The number of carbonyl (C=O) groups is 1. The lowest BCUT2D eigenvalue weighted by atomic mass is 9.95. The minimum atomic E-state index is 0.123. The van der Waals surface area contributed by atoms with Crippen LogP contribution in [-0.4, -0.2) is 11.9 Å². The first-order chi connectivity index (χ1) is 7.36. The maximum absolute atomic E-state index is 11.8. The molecule has 2 nitrogen and oxygen atoms in total. The summed E-state index contributed by atoms with van der Waals surface area (Å²) >= 11 is 0. The minimum Gasteiger partial charge on any atom is -0.349 e. The van der Waals surface area contributed by atoms with Crippen LogP contribution < -0.4 is 5.32 Å². The molecule has 2 aliphatic carbocycles. The third-order valence-electron chi connectivity index (χ3n) is 3.20. The molecule has 0 radical (unpaired) electrons. The lowest BCUT2D eigenvalue weighted by Gasteiger charge is -2.23. The van der Waals surface area contributed by atoms with Gasteiger partial charge in [0.15, 0.2) is 0 Å². The van der Waals surface area contributed by atoms with Gasteiger partial charge in [0.05, 0.1) is 0 Å². The van der Waals surface area contributed by atoms with Crippen molar-refractivity contribution in [2.24, 2.45) is 0 Å². The van der Waals surface area contributed by atoms with E-state index in [-0.39, 0.29) is 5.91 Å². The van der Waals surface area contributed by atoms with E-state index in [2.05, 4.69) is 11.4 Å². The predicted octanol–water partition coefficient (Wildman–Crippen LogP) is 2.71. The molecule has 1 N–H and O–H groups in total. The fourth-order valence-corrected chi connectivity index (χ4v) is 2.30. The number of carbonyl (C=O) groups excluding carboxylic acids is 1. The molecule has 0 atom stereocenters. The molecule has 0 aromatic rings. The van der Waals surface area contributed by atoms with Gasteiger partial charge in [-0.1, -0.05) is 37.5 Å². The lowest BCUT2D eigenvalue weighted by Crippen LogP contribution is -2.36. The Morgan fingerprint density at radius 2 is 2.00 bits per heavy atom. The Kier molecular flexibility index (Phi) is 3.59.